The Labute approximate surface area is 158 Å². The normalized spacial score (nSPS) is 12.8. The van der Waals surface area contributed by atoms with Crippen LogP contribution in [0.5, 0.6) is 0 Å². The van der Waals surface area contributed by atoms with Crippen molar-refractivity contribution in [3.05, 3.63) is 27.2 Å². The zero-order valence-electron chi connectivity index (χ0n) is 15.7. The molecule has 0 spiro atoms. The first-order chi connectivity index (χ1) is 12.5. The van der Waals surface area contributed by atoms with Crippen molar-refractivity contribution in [1.29, 1.82) is 0 Å². The van der Waals surface area contributed by atoms with Gasteiger partial charge in [0.25, 0.3) is 5.56 Å². The highest BCUT2D eigenvalue weighted by atomic mass is 35.5. The van der Waals surface area contributed by atoms with Gasteiger partial charge in [0, 0.05) is 26.5 Å². The molecule has 1 unspecified atom stereocenters. The maximum absolute atomic E-state index is 12.6. The van der Waals surface area contributed by atoms with Gasteiger partial charge in [-0.1, -0.05) is 38.5 Å². The van der Waals surface area contributed by atoms with Crippen LogP contribution in [0.2, 0.25) is 0 Å². The van der Waals surface area contributed by atoms with E-state index in [-0.39, 0.29) is 17.4 Å². The number of rotatable bonds is 11. The number of aryl methyl sites for hydroxylation is 2. The topological polar surface area (TPSA) is 82.1 Å². The number of hydrogen-bond acceptors (Lipinski definition) is 4. The summed E-state index contributed by atoms with van der Waals surface area (Å²) < 4.78 is 4.42. The second kappa shape index (κ2) is 9.92. The van der Waals surface area contributed by atoms with Gasteiger partial charge in [-0.3, -0.25) is 13.9 Å². The van der Waals surface area contributed by atoms with E-state index in [4.69, 9.17) is 11.6 Å². The predicted molar refractivity (Wildman–Crippen MR) is 104 cm³/mol. The van der Waals surface area contributed by atoms with Gasteiger partial charge in [-0.15, -0.1) is 11.6 Å². The SMILES string of the molecule is Cn1cnc2c1c(=O)n(CCCCCCCCCC(O)CCl)c(=O)n2C. The lowest BCUT2D eigenvalue weighted by Crippen LogP contribution is -2.39. The van der Waals surface area contributed by atoms with Crippen LogP contribution < -0.4 is 11.2 Å². The van der Waals surface area contributed by atoms with Gasteiger partial charge >= 0.3 is 5.69 Å². The molecule has 7 nitrogen and oxygen atoms in total. The van der Waals surface area contributed by atoms with Gasteiger partial charge in [0.05, 0.1) is 12.4 Å². The molecular formula is C18H29ClN4O3. The molecule has 0 aliphatic carbocycles. The van der Waals surface area contributed by atoms with Crippen molar-refractivity contribution in [2.75, 3.05) is 5.88 Å². The van der Waals surface area contributed by atoms with Crippen molar-refractivity contribution in [1.82, 2.24) is 18.7 Å². The molecule has 1 atom stereocenters. The monoisotopic (exact) mass is 384 g/mol. The number of aliphatic hydroxyl groups is 1. The second-order valence-corrected chi connectivity index (χ2v) is 7.21. The van der Waals surface area contributed by atoms with Gasteiger partial charge in [-0.25, -0.2) is 9.78 Å². The molecule has 1 N–H and O–H groups in total. The van der Waals surface area contributed by atoms with Crippen molar-refractivity contribution in [3.63, 3.8) is 0 Å². The minimum absolute atomic E-state index is 0.263. The molecule has 146 valence electrons. The highest BCUT2D eigenvalue weighted by molar-refractivity contribution is 6.18. The summed E-state index contributed by atoms with van der Waals surface area (Å²) >= 11 is 5.56. The van der Waals surface area contributed by atoms with Gasteiger partial charge < -0.3 is 9.67 Å². The van der Waals surface area contributed by atoms with Gasteiger partial charge in [0.2, 0.25) is 0 Å². The molecule has 0 radical (unpaired) electrons. The standard InChI is InChI=1S/C18H29ClN4O3/c1-21-13-20-16-15(21)17(25)23(18(26)22(16)2)11-9-7-5-3-4-6-8-10-14(24)12-19/h13-14,24H,3-12H2,1-2H3. The number of aliphatic hydroxyl groups excluding tert-OH is 1. The highest BCUT2D eigenvalue weighted by Crippen LogP contribution is 2.11. The van der Waals surface area contributed by atoms with E-state index in [9.17, 15) is 14.7 Å². The maximum atomic E-state index is 12.6. The zero-order valence-corrected chi connectivity index (χ0v) is 16.4. The molecule has 0 amide bonds. The molecule has 2 heterocycles. The first-order valence-electron chi connectivity index (χ1n) is 9.32. The third kappa shape index (κ3) is 4.98. The largest absolute Gasteiger partial charge is 0.392 e. The molecule has 2 rings (SSSR count). The number of halogens is 1. The molecular weight excluding hydrogens is 356 g/mol. The Morgan fingerprint density at radius 1 is 1.08 bits per heavy atom. The summed E-state index contributed by atoms with van der Waals surface area (Å²) in [6.07, 6.45) is 9.20. The van der Waals surface area contributed by atoms with E-state index < -0.39 is 0 Å². The lowest BCUT2D eigenvalue weighted by molar-refractivity contribution is 0.183. The Morgan fingerprint density at radius 3 is 2.35 bits per heavy atom. The third-order valence-corrected chi connectivity index (χ3v) is 5.15. The van der Waals surface area contributed by atoms with Crippen LogP contribution >= 0.6 is 11.6 Å². The fourth-order valence-corrected chi connectivity index (χ4v) is 3.36. The molecule has 0 aliphatic heterocycles. The summed E-state index contributed by atoms with van der Waals surface area (Å²) in [5, 5.41) is 9.38. The van der Waals surface area contributed by atoms with E-state index >= 15 is 0 Å². The second-order valence-electron chi connectivity index (χ2n) is 6.90. The van der Waals surface area contributed by atoms with Crippen LogP contribution in [0.3, 0.4) is 0 Å². The van der Waals surface area contributed by atoms with Crippen molar-refractivity contribution in [2.45, 2.75) is 64.0 Å². The molecule has 26 heavy (non-hydrogen) atoms. The Hall–Kier alpha value is -1.60. The minimum atomic E-state index is -0.380. The van der Waals surface area contributed by atoms with E-state index in [0.717, 1.165) is 51.4 Å². The number of fused-ring (bicyclic) bond motifs is 1. The summed E-state index contributed by atoms with van der Waals surface area (Å²) in [5.41, 5.74) is 0.323. The smallest absolute Gasteiger partial charge is 0.332 e. The summed E-state index contributed by atoms with van der Waals surface area (Å²) in [6.45, 7) is 0.439. The molecule has 0 fully saturated rings. The van der Waals surface area contributed by atoms with Gasteiger partial charge in [-0.05, 0) is 12.8 Å². The van der Waals surface area contributed by atoms with Crippen LogP contribution in [-0.2, 0) is 20.6 Å². The number of alkyl halides is 1. The summed E-state index contributed by atoms with van der Waals surface area (Å²) in [5.74, 6) is 0.309. The number of unbranched alkanes of at least 4 members (excludes halogenated alkanes) is 6. The molecule has 0 aliphatic rings. The molecule has 0 saturated heterocycles. The fourth-order valence-electron chi connectivity index (χ4n) is 3.20. The Kier molecular flexibility index (Phi) is 7.90. The quantitative estimate of drug-likeness (QED) is 0.475. The highest BCUT2D eigenvalue weighted by Gasteiger charge is 2.14. The van der Waals surface area contributed by atoms with E-state index in [0.29, 0.717) is 23.6 Å². The first kappa shape index (κ1) is 20.7. The van der Waals surface area contributed by atoms with E-state index in [2.05, 4.69) is 4.98 Å². The molecule has 8 heteroatoms. The molecule has 2 aromatic rings. The van der Waals surface area contributed by atoms with Crippen molar-refractivity contribution in [3.8, 4) is 0 Å². The number of aromatic nitrogens is 4. The van der Waals surface area contributed by atoms with Crippen molar-refractivity contribution < 1.29 is 5.11 Å². The van der Waals surface area contributed by atoms with Crippen LogP contribution in [-0.4, -0.2) is 35.8 Å². The summed E-state index contributed by atoms with van der Waals surface area (Å²) in [7, 11) is 3.41. The average Bonchev–Trinajstić information content (AvgIpc) is 3.02. The fraction of sp³-hybridized carbons (Fsp3) is 0.722. The summed E-state index contributed by atoms with van der Waals surface area (Å²) in [6, 6.07) is 0. The Bertz CT molecular complexity index is 824. The van der Waals surface area contributed by atoms with Gasteiger partial charge in [0.1, 0.15) is 0 Å². The lowest BCUT2D eigenvalue weighted by Gasteiger charge is -2.09. The number of nitrogens with zero attached hydrogens (tertiary/aromatic N) is 4. The lowest BCUT2D eigenvalue weighted by atomic mass is 10.1. The van der Waals surface area contributed by atoms with Crippen LogP contribution in [0.25, 0.3) is 11.2 Å². The van der Waals surface area contributed by atoms with Crippen LogP contribution in [0.1, 0.15) is 51.4 Å². The van der Waals surface area contributed by atoms with E-state index in [1.165, 1.54) is 9.13 Å². The third-order valence-electron chi connectivity index (χ3n) is 4.80. The molecule has 0 saturated carbocycles. The maximum Gasteiger partial charge on any atom is 0.332 e. The average molecular weight is 385 g/mol. The zero-order chi connectivity index (χ0) is 19.1. The Balaban J connectivity index is 1.78. The molecule has 0 aromatic carbocycles. The predicted octanol–water partition coefficient (Wildman–Crippen LogP) is 2.15. The minimum Gasteiger partial charge on any atom is -0.392 e. The van der Waals surface area contributed by atoms with Crippen LogP contribution in [0.15, 0.2) is 15.9 Å². The molecule has 0 bridgehead atoms. The first-order valence-corrected chi connectivity index (χ1v) is 9.85. The van der Waals surface area contributed by atoms with Gasteiger partial charge in [-0.2, -0.15) is 0 Å². The number of imidazole rings is 1. The van der Waals surface area contributed by atoms with Gasteiger partial charge in [0.15, 0.2) is 11.2 Å². The van der Waals surface area contributed by atoms with Crippen molar-refractivity contribution in [2.24, 2.45) is 14.1 Å². The summed E-state index contributed by atoms with van der Waals surface area (Å²) in [4.78, 5) is 29.1. The van der Waals surface area contributed by atoms with E-state index in [1.54, 1.807) is 25.0 Å². The van der Waals surface area contributed by atoms with Crippen LogP contribution in [0.4, 0.5) is 0 Å². The number of hydrogen-bond donors (Lipinski definition) is 1. The van der Waals surface area contributed by atoms with Crippen molar-refractivity contribution >= 4 is 22.8 Å². The van der Waals surface area contributed by atoms with E-state index in [1.807, 2.05) is 0 Å². The molecule has 2 aromatic heterocycles. The Morgan fingerprint density at radius 2 is 1.69 bits per heavy atom. The van der Waals surface area contributed by atoms with Crippen LogP contribution in [0, 0.1) is 0 Å².